The standard InChI is InChI=1S/C42BF27O2/c44-14-7-8(24(54)32(62)31(61)23(7)53)15(45)11-9(14)25(55)36(66)39(69)41(11)71-43(72-42-12(28(58)35(65)38(68)40(42)70)10-26(56)33(63)37(67)34(64)27(10)57)13-3-1-2-5(17(47)16(3)46)21(51)30(60)22(52)6(2)19(49)18(48)4(1)20(50)29(13)59. The lowest BCUT2D eigenvalue weighted by molar-refractivity contribution is 0.360. The third-order valence-corrected chi connectivity index (χ3v) is 11.1. The molecular weight excluding hydrogens is 1060 g/mol. The van der Waals surface area contributed by atoms with Gasteiger partial charge < -0.3 is 9.31 Å². The SMILES string of the molecule is Fc1c(F)c(F)c(-c2c(F)c(F)c(F)c(F)c2OB(Oc2c(F)c(F)c(F)c3c(F)c4c(F)c(F)c(F)c(F)c4c(F)c23)c2c(F)c(F)c3c(F)c(F)c4c(F)c(F)c(F)c5c(F)c(F)c2c3c45)c(F)c1F. The van der Waals surface area contributed by atoms with Crippen LogP contribution < -0.4 is 14.8 Å². The number of hydrogen-bond donors (Lipinski definition) is 0. The first-order valence-corrected chi connectivity index (χ1v) is 18.3. The van der Waals surface area contributed by atoms with Gasteiger partial charge in [-0.15, -0.1) is 0 Å². The van der Waals surface area contributed by atoms with Gasteiger partial charge in [0.25, 0.3) is 0 Å². The number of halogens is 27. The minimum Gasteiger partial charge on any atom is -0.519 e. The van der Waals surface area contributed by atoms with Gasteiger partial charge in [0.1, 0.15) is 11.6 Å². The van der Waals surface area contributed by atoms with E-state index in [1.54, 1.807) is 0 Å². The molecule has 0 saturated heterocycles. The van der Waals surface area contributed by atoms with Crippen LogP contribution in [0.25, 0.3) is 65.0 Å². The summed E-state index contributed by atoms with van der Waals surface area (Å²) in [6.45, 7) is 0. The Morgan fingerprint density at radius 2 is 0.403 bits per heavy atom. The van der Waals surface area contributed by atoms with Crippen LogP contribution in [-0.4, -0.2) is 7.12 Å². The fraction of sp³-hybridized carbons (Fsp3) is 0. The van der Waals surface area contributed by atoms with Crippen LogP contribution in [0.2, 0.25) is 0 Å². The predicted molar refractivity (Wildman–Crippen MR) is 189 cm³/mol. The maximum absolute atomic E-state index is 16.8. The molecule has 0 heterocycles. The molecule has 9 aromatic rings. The van der Waals surface area contributed by atoms with E-state index in [2.05, 4.69) is 9.31 Å². The number of fused-ring (bicyclic) bond motifs is 2. The first kappa shape index (κ1) is 49.3. The molecule has 0 saturated carbocycles. The molecule has 0 aliphatic rings. The van der Waals surface area contributed by atoms with E-state index in [1.165, 1.54) is 0 Å². The Morgan fingerprint density at radius 3 is 0.847 bits per heavy atom. The van der Waals surface area contributed by atoms with Crippen molar-refractivity contribution in [1.29, 1.82) is 0 Å². The van der Waals surface area contributed by atoms with Crippen molar-refractivity contribution < 1.29 is 128 Å². The molecule has 2 nitrogen and oxygen atoms in total. The van der Waals surface area contributed by atoms with Gasteiger partial charge in [-0.1, -0.05) is 0 Å². The van der Waals surface area contributed by atoms with Crippen LogP contribution in [-0.2, 0) is 0 Å². The number of hydrogen-bond acceptors (Lipinski definition) is 2. The van der Waals surface area contributed by atoms with E-state index < -0.39 is 246 Å². The van der Waals surface area contributed by atoms with Gasteiger partial charge in [0.2, 0.25) is 23.3 Å². The molecule has 0 aliphatic heterocycles. The molecule has 0 unspecified atom stereocenters. The lowest BCUT2D eigenvalue weighted by Crippen LogP contribution is -2.46. The molecular formula is C42BF27O2. The predicted octanol–water partition coefficient (Wildman–Crippen LogP) is 14.2. The van der Waals surface area contributed by atoms with Crippen molar-refractivity contribution in [3.8, 4) is 22.6 Å². The summed E-state index contributed by atoms with van der Waals surface area (Å²) in [5.41, 5.74) is -8.97. The van der Waals surface area contributed by atoms with E-state index >= 15 is 83.4 Å². The molecule has 0 aliphatic carbocycles. The zero-order valence-electron chi connectivity index (χ0n) is 32.6. The average molecular weight is 1060 g/mol. The Morgan fingerprint density at radius 1 is 0.167 bits per heavy atom. The second kappa shape index (κ2) is 16.2. The molecule has 0 N–H and O–H groups in total. The van der Waals surface area contributed by atoms with E-state index in [-0.39, 0.29) is 0 Å². The van der Waals surface area contributed by atoms with E-state index in [0.717, 1.165) is 0 Å². The van der Waals surface area contributed by atoms with Crippen LogP contribution in [0.5, 0.6) is 11.5 Å². The lowest BCUT2D eigenvalue weighted by Gasteiger charge is -2.25. The Bertz CT molecular complexity index is 3980. The smallest absolute Gasteiger partial charge is 0.519 e. The summed E-state index contributed by atoms with van der Waals surface area (Å²) in [5.74, 6) is -92.0. The van der Waals surface area contributed by atoms with Crippen molar-refractivity contribution in [1.82, 2.24) is 0 Å². The van der Waals surface area contributed by atoms with Crippen molar-refractivity contribution in [3.63, 3.8) is 0 Å². The quantitative estimate of drug-likeness (QED) is 0.0413. The highest BCUT2D eigenvalue weighted by Crippen LogP contribution is 2.48. The zero-order valence-corrected chi connectivity index (χ0v) is 32.6. The first-order valence-electron chi connectivity index (χ1n) is 18.3. The lowest BCUT2D eigenvalue weighted by atomic mass is 9.72. The van der Waals surface area contributed by atoms with Gasteiger partial charge in [-0.2, -0.15) is 8.78 Å². The van der Waals surface area contributed by atoms with Gasteiger partial charge in [-0.3, -0.25) is 0 Å². The largest absolute Gasteiger partial charge is 0.636 e. The first-order chi connectivity index (χ1) is 33.6. The summed E-state index contributed by atoms with van der Waals surface area (Å²) in [6.07, 6.45) is 0. The maximum atomic E-state index is 16.8. The average Bonchev–Trinajstić information content (AvgIpc) is 3.34. The minimum atomic E-state index is -4.65. The molecule has 72 heavy (non-hydrogen) atoms. The Labute approximate surface area is 374 Å². The van der Waals surface area contributed by atoms with E-state index in [0.29, 0.717) is 0 Å². The molecule has 0 aromatic heterocycles. The topological polar surface area (TPSA) is 18.5 Å². The molecule has 0 bridgehead atoms. The van der Waals surface area contributed by atoms with Gasteiger partial charge in [-0.25, -0.2) is 110 Å². The van der Waals surface area contributed by atoms with Crippen LogP contribution in [0, 0.1) is 157 Å². The summed E-state index contributed by atoms with van der Waals surface area (Å²) < 4.78 is 425. The molecule has 372 valence electrons. The summed E-state index contributed by atoms with van der Waals surface area (Å²) in [6, 6.07) is 0. The minimum absolute atomic E-state index is 2.14. The second-order valence-electron chi connectivity index (χ2n) is 14.6. The summed E-state index contributed by atoms with van der Waals surface area (Å²) in [7, 11) is -4.65. The molecule has 9 rings (SSSR count). The van der Waals surface area contributed by atoms with Gasteiger partial charge in [0, 0.05) is 16.2 Å². The third-order valence-electron chi connectivity index (χ3n) is 11.1. The summed E-state index contributed by atoms with van der Waals surface area (Å²) in [5, 5.41) is -24.8. The molecule has 0 fully saturated rings. The Kier molecular flexibility index (Phi) is 11.1. The van der Waals surface area contributed by atoms with Crippen molar-refractivity contribution in [3.05, 3.63) is 157 Å². The highest BCUT2D eigenvalue weighted by atomic mass is 19.2. The van der Waals surface area contributed by atoms with Crippen molar-refractivity contribution >= 4 is 66.4 Å². The molecule has 0 spiro atoms. The maximum Gasteiger partial charge on any atom is 0.636 e. The van der Waals surface area contributed by atoms with Gasteiger partial charge in [-0.05, 0) is 0 Å². The van der Waals surface area contributed by atoms with Gasteiger partial charge in [0.15, 0.2) is 134 Å². The molecule has 0 atom stereocenters. The van der Waals surface area contributed by atoms with Crippen molar-refractivity contribution in [2.75, 3.05) is 0 Å². The van der Waals surface area contributed by atoms with Crippen LogP contribution in [0.4, 0.5) is 119 Å². The molecule has 30 heteroatoms. The van der Waals surface area contributed by atoms with E-state index in [4.69, 9.17) is 0 Å². The van der Waals surface area contributed by atoms with E-state index in [9.17, 15) is 35.1 Å². The fourth-order valence-corrected chi connectivity index (χ4v) is 7.96. The Hall–Kier alpha value is -7.69. The van der Waals surface area contributed by atoms with Crippen LogP contribution in [0.15, 0.2) is 0 Å². The molecule has 0 amide bonds. The highest BCUT2D eigenvalue weighted by Gasteiger charge is 2.46. The van der Waals surface area contributed by atoms with Crippen LogP contribution in [0.3, 0.4) is 0 Å². The monoisotopic (exact) mass is 1060 g/mol. The number of rotatable bonds is 6. The molecule has 0 radical (unpaired) electrons. The van der Waals surface area contributed by atoms with E-state index in [1.807, 2.05) is 0 Å². The van der Waals surface area contributed by atoms with Crippen molar-refractivity contribution in [2.24, 2.45) is 0 Å². The second-order valence-corrected chi connectivity index (χ2v) is 14.6. The normalized spacial score (nSPS) is 12.1. The molecule has 9 aromatic carbocycles. The Balaban J connectivity index is 1.52. The zero-order chi connectivity index (χ0) is 53.2. The van der Waals surface area contributed by atoms with Crippen LogP contribution in [0.1, 0.15) is 0 Å². The van der Waals surface area contributed by atoms with Gasteiger partial charge >= 0.3 is 7.12 Å². The van der Waals surface area contributed by atoms with Crippen LogP contribution >= 0.6 is 0 Å². The van der Waals surface area contributed by atoms with Gasteiger partial charge in [0.05, 0.1) is 54.3 Å². The van der Waals surface area contributed by atoms with Crippen molar-refractivity contribution in [2.45, 2.75) is 0 Å². The summed E-state index contributed by atoms with van der Waals surface area (Å²) >= 11 is 0. The third kappa shape index (κ3) is 6.08. The summed E-state index contributed by atoms with van der Waals surface area (Å²) in [4.78, 5) is 0. The fourth-order valence-electron chi connectivity index (χ4n) is 7.96. The number of benzene rings is 9. The highest BCUT2D eigenvalue weighted by molar-refractivity contribution is 6.66.